The van der Waals surface area contributed by atoms with Gasteiger partial charge in [0.05, 0.1) is 6.54 Å². The van der Waals surface area contributed by atoms with Crippen molar-refractivity contribution >= 4 is 11.8 Å². The van der Waals surface area contributed by atoms with E-state index in [1.807, 2.05) is 13.8 Å². The van der Waals surface area contributed by atoms with Crippen LogP contribution in [-0.2, 0) is 4.79 Å². The average molecular weight is 264 g/mol. The Balaban J connectivity index is 2.19. The predicted molar refractivity (Wildman–Crippen MR) is 69.4 cm³/mol. The van der Waals surface area contributed by atoms with Gasteiger partial charge in [-0.25, -0.2) is 4.39 Å². The molecular weight excluding hydrogens is 247 g/mol. The van der Waals surface area contributed by atoms with E-state index in [9.17, 15) is 14.0 Å². The van der Waals surface area contributed by atoms with Crippen molar-refractivity contribution in [2.45, 2.75) is 19.8 Å². The van der Waals surface area contributed by atoms with Crippen molar-refractivity contribution in [2.24, 2.45) is 0 Å². The van der Waals surface area contributed by atoms with Crippen molar-refractivity contribution in [1.29, 1.82) is 0 Å². The molecule has 0 aliphatic carbocycles. The highest BCUT2D eigenvalue weighted by Gasteiger charge is 2.23. The van der Waals surface area contributed by atoms with Crippen LogP contribution in [0.3, 0.4) is 0 Å². The molecule has 1 N–H and O–H groups in total. The summed E-state index contributed by atoms with van der Waals surface area (Å²) >= 11 is 0. The summed E-state index contributed by atoms with van der Waals surface area (Å²) in [5, 5.41) is 2.65. The van der Waals surface area contributed by atoms with Crippen LogP contribution < -0.4 is 5.32 Å². The summed E-state index contributed by atoms with van der Waals surface area (Å²) in [4.78, 5) is 24.8. The van der Waals surface area contributed by atoms with E-state index in [0.717, 1.165) is 0 Å². The van der Waals surface area contributed by atoms with Gasteiger partial charge in [-0.05, 0) is 23.6 Å². The van der Waals surface area contributed by atoms with Crippen LogP contribution in [-0.4, -0.2) is 36.3 Å². The number of carbonyl (C=O) groups excluding carboxylic acids is 2. The molecule has 4 nitrogen and oxygen atoms in total. The van der Waals surface area contributed by atoms with Crippen LogP contribution in [0.25, 0.3) is 0 Å². The lowest BCUT2D eigenvalue weighted by Gasteiger charge is -2.26. The lowest BCUT2D eigenvalue weighted by Crippen LogP contribution is -2.49. The molecule has 1 heterocycles. The molecule has 1 aliphatic heterocycles. The minimum Gasteiger partial charge on any atom is -0.353 e. The van der Waals surface area contributed by atoms with E-state index in [-0.39, 0.29) is 35.7 Å². The number of hydrogen-bond acceptors (Lipinski definition) is 2. The number of halogens is 1. The van der Waals surface area contributed by atoms with Crippen molar-refractivity contribution in [3.63, 3.8) is 0 Å². The highest BCUT2D eigenvalue weighted by Crippen LogP contribution is 2.20. The zero-order valence-corrected chi connectivity index (χ0v) is 11.1. The maximum Gasteiger partial charge on any atom is 0.254 e. The summed E-state index contributed by atoms with van der Waals surface area (Å²) in [6.07, 6.45) is 0. The fourth-order valence-electron chi connectivity index (χ4n) is 2.12. The molecule has 1 aromatic rings. The number of hydrogen-bond donors (Lipinski definition) is 1. The zero-order chi connectivity index (χ0) is 14.0. The second-order valence-corrected chi connectivity index (χ2v) is 4.97. The SMILES string of the molecule is CC(C)c1ccc(C(=O)N2CCNC(=O)C2)cc1F. The third-order valence-electron chi connectivity index (χ3n) is 3.19. The van der Waals surface area contributed by atoms with Crippen molar-refractivity contribution in [3.05, 3.63) is 35.1 Å². The Labute approximate surface area is 111 Å². The lowest BCUT2D eigenvalue weighted by atomic mass is 10.0. The summed E-state index contributed by atoms with van der Waals surface area (Å²) in [6, 6.07) is 4.51. The van der Waals surface area contributed by atoms with Gasteiger partial charge in [0.1, 0.15) is 5.82 Å². The number of rotatable bonds is 2. The topological polar surface area (TPSA) is 49.4 Å². The molecule has 1 aliphatic rings. The summed E-state index contributed by atoms with van der Waals surface area (Å²) in [7, 11) is 0. The highest BCUT2D eigenvalue weighted by atomic mass is 19.1. The van der Waals surface area contributed by atoms with Gasteiger partial charge in [-0.15, -0.1) is 0 Å². The maximum atomic E-state index is 13.9. The fourth-order valence-corrected chi connectivity index (χ4v) is 2.12. The Bertz CT molecular complexity index is 514. The first-order chi connectivity index (χ1) is 8.99. The smallest absolute Gasteiger partial charge is 0.254 e. The number of nitrogens with one attached hydrogen (secondary N) is 1. The molecule has 5 heteroatoms. The summed E-state index contributed by atoms with van der Waals surface area (Å²) < 4.78 is 13.9. The minimum absolute atomic E-state index is 0.0341. The summed E-state index contributed by atoms with van der Waals surface area (Å²) in [6.45, 7) is 4.73. The number of benzene rings is 1. The van der Waals surface area contributed by atoms with Crippen molar-refractivity contribution in [2.75, 3.05) is 19.6 Å². The standard InChI is InChI=1S/C14H17FN2O2/c1-9(2)11-4-3-10(7-12(11)15)14(19)17-6-5-16-13(18)8-17/h3-4,7,9H,5-6,8H2,1-2H3,(H,16,18). The van der Waals surface area contributed by atoms with E-state index < -0.39 is 0 Å². The number of amides is 2. The van der Waals surface area contributed by atoms with Crippen LogP contribution in [0.4, 0.5) is 4.39 Å². The molecular formula is C14H17FN2O2. The summed E-state index contributed by atoms with van der Waals surface area (Å²) in [5.41, 5.74) is 0.879. The van der Waals surface area contributed by atoms with Gasteiger partial charge in [-0.1, -0.05) is 19.9 Å². The van der Waals surface area contributed by atoms with Crippen LogP contribution in [0.1, 0.15) is 35.7 Å². The Kier molecular flexibility index (Phi) is 3.83. The second kappa shape index (κ2) is 5.38. The third-order valence-corrected chi connectivity index (χ3v) is 3.19. The van der Waals surface area contributed by atoms with Gasteiger partial charge < -0.3 is 10.2 Å². The Hall–Kier alpha value is -1.91. The van der Waals surface area contributed by atoms with Crippen LogP contribution in [0.5, 0.6) is 0 Å². The molecule has 0 saturated carbocycles. The molecule has 1 aromatic carbocycles. The molecule has 0 bridgehead atoms. The second-order valence-electron chi connectivity index (χ2n) is 4.97. The Morgan fingerprint density at radius 2 is 2.16 bits per heavy atom. The maximum absolute atomic E-state index is 13.9. The van der Waals surface area contributed by atoms with Gasteiger partial charge in [-0.3, -0.25) is 9.59 Å². The van der Waals surface area contributed by atoms with E-state index in [1.54, 1.807) is 12.1 Å². The van der Waals surface area contributed by atoms with Gasteiger partial charge >= 0.3 is 0 Å². The highest BCUT2D eigenvalue weighted by molar-refractivity contribution is 5.97. The molecule has 0 atom stereocenters. The first-order valence-corrected chi connectivity index (χ1v) is 6.34. The molecule has 0 aromatic heterocycles. The fraction of sp³-hybridized carbons (Fsp3) is 0.429. The number of carbonyl (C=O) groups is 2. The molecule has 1 saturated heterocycles. The van der Waals surface area contributed by atoms with Crippen molar-refractivity contribution < 1.29 is 14.0 Å². The molecule has 0 unspecified atom stereocenters. The van der Waals surface area contributed by atoms with Crippen LogP contribution in [0, 0.1) is 5.82 Å². The lowest BCUT2D eigenvalue weighted by molar-refractivity contribution is -0.123. The van der Waals surface area contributed by atoms with Crippen molar-refractivity contribution in [1.82, 2.24) is 10.2 Å². The molecule has 0 spiro atoms. The largest absolute Gasteiger partial charge is 0.353 e. The molecule has 102 valence electrons. The first-order valence-electron chi connectivity index (χ1n) is 6.34. The van der Waals surface area contributed by atoms with Gasteiger partial charge in [0.25, 0.3) is 5.91 Å². The molecule has 0 radical (unpaired) electrons. The van der Waals surface area contributed by atoms with Gasteiger partial charge in [0, 0.05) is 18.7 Å². The van der Waals surface area contributed by atoms with Crippen LogP contribution in [0.15, 0.2) is 18.2 Å². The number of piperazine rings is 1. The summed E-state index contributed by atoms with van der Waals surface area (Å²) in [5.74, 6) is -0.782. The number of nitrogens with zero attached hydrogens (tertiary/aromatic N) is 1. The van der Waals surface area contributed by atoms with Gasteiger partial charge in [-0.2, -0.15) is 0 Å². The van der Waals surface area contributed by atoms with Gasteiger partial charge in [0.15, 0.2) is 0 Å². The molecule has 2 amide bonds. The van der Waals surface area contributed by atoms with Gasteiger partial charge in [0.2, 0.25) is 5.91 Å². The first kappa shape index (κ1) is 13.5. The molecule has 1 fully saturated rings. The van der Waals surface area contributed by atoms with E-state index in [1.165, 1.54) is 11.0 Å². The molecule has 2 rings (SSSR count). The monoisotopic (exact) mass is 264 g/mol. The quantitative estimate of drug-likeness (QED) is 0.880. The predicted octanol–water partition coefficient (Wildman–Crippen LogP) is 1.52. The van der Waals surface area contributed by atoms with Crippen molar-refractivity contribution in [3.8, 4) is 0 Å². The van der Waals surface area contributed by atoms with E-state index in [4.69, 9.17) is 0 Å². The van der Waals surface area contributed by atoms with Crippen LogP contribution >= 0.6 is 0 Å². The molecule has 19 heavy (non-hydrogen) atoms. The minimum atomic E-state index is -0.373. The Morgan fingerprint density at radius 1 is 1.42 bits per heavy atom. The van der Waals surface area contributed by atoms with E-state index >= 15 is 0 Å². The zero-order valence-electron chi connectivity index (χ0n) is 11.1. The van der Waals surface area contributed by atoms with Crippen LogP contribution in [0.2, 0.25) is 0 Å². The average Bonchev–Trinajstić information content (AvgIpc) is 2.37. The Morgan fingerprint density at radius 3 is 2.74 bits per heavy atom. The third kappa shape index (κ3) is 2.92. The van der Waals surface area contributed by atoms with E-state index in [0.29, 0.717) is 18.7 Å². The normalized spacial score (nSPS) is 15.6. The van der Waals surface area contributed by atoms with E-state index in [2.05, 4.69) is 5.32 Å².